The fourth-order valence-corrected chi connectivity index (χ4v) is 4.48. The fourth-order valence-electron chi connectivity index (χ4n) is 4.48. The summed E-state index contributed by atoms with van der Waals surface area (Å²) in [5.74, 6) is 1.31. The number of benzene rings is 2. The molecule has 2 aliphatic heterocycles. The normalized spacial score (nSPS) is 19.5. The number of carbonyl (C=O) groups excluding carboxylic acids is 1. The van der Waals surface area contributed by atoms with E-state index in [1.165, 1.54) is 12.1 Å². The number of aryl methyl sites for hydroxylation is 1. The molecule has 0 saturated carbocycles. The highest BCUT2D eigenvalue weighted by atomic mass is 19.1. The predicted octanol–water partition coefficient (Wildman–Crippen LogP) is 4.42. The third kappa shape index (κ3) is 4.12. The molecule has 31 heavy (non-hydrogen) atoms. The van der Waals surface area contributed by atoms with E-state index in [-0.39, 0.29) is 23.6 Å². The number of aromatic nitrogens is 1. The minimum absolute atomic E-state index is 0.00998. The van der Waals surface area contributed by atoms with E-state index in [0.29, 0.717) is 12.2 Å². The van der Waals surface area contributed by atoms with Crippen LogP contribution in [0.4, 0.5) is 4.39 Å². The van der Waals surface area contributed by atoms with Crippen LogP contribution in [0.5, 0.6) is 11.5 Å². The summed E-state index contributed by atoms with van der Waals surface area (Å²) < 4.78 is 25.4. The molecule has 0 N–H and O–H groups in total. The number of ketones is 1. The second kappa shape index (κ2) is 8.27. The van der Waals surface area contributed by atoms with Gasteiger partial charge in [0.25, 0.3) is 0 Å². The monoisotopic (exact) mass is 420 g/mol. The Kier molecular flexibility index (Phi) is 5.32. The van der Waals surface area contributed by atoms with Crippen LogP contribution in [0.1, 0.15) is 28.9 Å². The molecule has 0 aliphatic carbocycles. The maximum atomic E-state index is 13.1. The van der Waals surface area contributed by atoms with Gasteiger partial charge in [-0.05, 0) is 81.4 Å². The summed E-state index contributed by atoms with van der Waals surface area (Å²) in [6, 6.07) is 13.8. The zero-order valence-corrected chi connectivity index (χ0v) is 17.5. The van der Waals surface area contributed by atoms with Crippen LogP contribution < -0.4 is 9.47 Å². The van der Waals surface area contributed by atoms with Gasteiger partial charge in [0.2, 0.25) is 0 Å². The Balaban J connectivity index is 1.21. The van der Waals surface area contributed by atoms with Crippen LogP contribution in [0.15, 0.2) is 48.5 Å². The van der Waals surface area contributed by atoms with Gasteiger partial charge in [-0.2, -0.15) is 0 Å². The van der Waals surface area contributed by atoms with E-state index < -0.39 is 0 Å². The molecular formula is C25H25FN2O3. The summed E-state index contributed by atoms with van der Waals surface area (Å²) in [6.07, 6.45) is 1.53. The van der Waals surface area contributed by atoms with Crippen molar-refractivity contribution in [1.82, 2.24) is 9.88 Å². The third-order valence-electron chi connectivity index (χ3n) is 6.18. The molecule has 2 aliphatic rings. The Morgan fingerprint density at radius 1 is 1.10 bits per heavy atom. The van der Waals surface area contributed by atoms with Gasteiger partial charge in [0.05, 0.1) is 5.52 Å². The molecule has 5 rings (SSSR count). The summed E-state index contributed by atoms with van der Waals surface area (Å²) in [6.45, 7) is 4.91. The smallest absolute Gasteiger partial charge is 0.171 e. The van der Waals surface area contributed by atoms with E-state index in [4.69, 9.17) is 9.47 Å². The van der Waals surface area contributed by atoms with E-state index >= 15 is 0 Å². The Morgan fingerprint density at radius 2 is 1.87 bits per heavy atom. The second-order valence-electron chi connectivity index (χ2n) is 8.41. The van der Waals surface area contributed by atoms with E-state index in [0.717, 1.165) is 60.6 Å². The number of hydrogen-bond acceptors (Lipinski definition) is 5. The standard InChI is InChI=1S/C25H25FN2O3/c1-16-2-7-21-22(27-16)8-9-23-25(21)31-20(15-30-23)14-28-12-10-18(11-13-28)24(29)17-3-5-19(26)6-4-17/h2-9,18,20H,10-15H2,1H3. The Morgan fingerprint density at radius 3 is 2.65 bits per heavy atom. The quantitative estimate of drug-likeness (QED) is 0.585. The van der Waals surface area contributed by atoms with Crippen molar-refractivity contribution in [3.63, 3.8) is 0 Å². The first kappa shape index (κ1) is 19.9. The van der Waals surface area contributed by atoms with Gasteiger partial charge >= 0.3 is 0 Å². The van der Waals surface area contributed by atoms with E-state index in [2.05, 4.69) is 9.88 Å². The number of pyridine rings is 1. The van der Waals surface area contributed by atoms with Gasteiger partial charge in [-0.15, -0.1) is 0 Å². The number of likely N-dealkylation sites (tertiary alicyclic amines) is 1. The lowest BCUT2D eigenvalue weighted by Crippen LogP contribution is -2.45. The number of rotatable bonds is 4. The number of piperidine rings is 1. The van der Waals surface area contributed by atoms with Crippen LogP contribution in [0.3, 0.4) is 0 Å². The maximum absolute atomic E-state index is 13.1. The SMILES string of the molecule is Cc1ccc2c3c(ccc2n1)OCC(CN1CCC(C(=O)c2ccc(F)cc2)CC1)O3. The van der Waals surface area contributed by atoms with Crippen LogP contribution >= 0.6 is 0 Å². The molecule has 1 atom stereocenters. The van der Waals surface area contributed by atoms with E-state index in [1.807, 2.05) is 31.2 Å². The van der Waals surface area contributed by atoms with Crippen molar-refractivity contribution < 1.29 is 18.7 Å². The highest BCUT2D eigenvalue weighted by Gasteiger charge is 2.30. The minimum atomic E-state index is -0.318. The van der Waals surface area contributed by atoms with Crippen molar-refractivity contribution in [3.8, 4) is 11.5 Å². The highest BCUT2D eigenvalue weighted by molar-refractivity contribution is 5.97. The number of Topliss-reactive ketones (excluding diaryl/α,β-unsaturated/α-hetero) is 1. The van der Waals surface area contributed by atoms with Gasteiger partial charge in [-0.25, -0.2) is 4.39 Å². The lowest BCUT2D eigenvalue weighted by molar-refractivity contribution is 0.0475. The summed E-state index contributed by atoms with van der Waals surface area (Å²) in [7, 11) is 0. The Bertz CT molecular complexity index is 1110. The fraction of sp³-hybridized carbons (Fsp3) is 0.360. The van der Waals surface area contributed by atoms with Crippen molar-refractivity contribution in [3.05, 3.63) is 65.6 Å². The molecule has 5 nitrogen and oxygen atoms in total. The van der Waals surface area contributed by atoms with Gasteiger partial charge in [0.1, 0.15) is 18.5 Å². The van der Waals surface area contributed by atoms with Crippen molar-refractivity contribution in [2.45, 2.75) is 25.9 Å². The summed E-state index contributed by atoms with van der Waals surface area (Å²) in [5.41, 5.74) is 2.47. The predicted molar refractivity (Wildman–Crippen MR) is 116 cm³/mol. The third-order valence-corrected chi connectivity index (χ3v) is 6.18. The summed E-state index contributed by atoms with van der Waals surface area (Å²) in [5, 5.41) is 0.969. The van der Waals surface area contributed by atoms with Gasteiger partial charge in [-0.3, -0.25) is 14.7 Å². The number of nitrogens with zero attached hydrogens (tertiary/aromatic N) is 2. The summed E-state index contributed by atoms with van der Waals surface area (Å²) in [4.78, 5) is 19.6. The van der Waals surface area contributed by atoms with E-state index in [9.17, 15) is 9.18 Å². The zero-order valence-electron chi connectivity index (χ0n) is 17.5. The van der Waals surface area contributed by atoms with Gasteiger partial charge in [-0.1, -0.05) is 0 Å². The number of ether oxygens (including phenoxy) is 2. The molecule has 1 saturated heterocycles. The van der Waals surface area contributed by atoms with Crippen LogP contribution in [0.25, 0.3) is 10.9 Å². The molecule has 1 unspecified atom stereocenters. The van der Waals surface area contributed by atoms with Crippen LogP contribution in [0.2, 0.25) is 0 Å². The van der Waals surface area contributed by atoms with E-state index in [1.54, 1.807) is 12.1 Å². The van der Waals surface area contributed by atoms with Crippen molar-refractivity contribution in [2.75, 3.05) is 26.2 Å². The Labute approximate surface area is 180 Å². The molecule has 3 heterocycles. The van der Waals surface area contributed by atoms with Gasteiger partial charge in [0, 0.05) is 29.1 Å². The molecule has 0 spiro atoms. The average molecular weight is 420 g/mol. The van der Waals surface area contributed by atoms with Crippen molar-refractivity contribution >= 4 is 16.7 Å². The van der Waals surface area contributed by atoms with Crippen LogP contribution in [-0.4, -0.2) is 48.0 Å². The second-order valence-corrected chi connectivity index (χ2v) is 8.41. The topological polar surface area (TPSA) is 51.7 Å². The van der Waals surface area contributed by atoms with Crippen LogP contribution in [-0.2, 0) is 0 Å². The first-order chi connectivity index (χ1) is 15.1. The largest absolute Gasteiger partial charge is 0.486 e. The molecule has 1 fully saturated rings. The number of hydrogen-bond donors (Lipinski definition) is 0. The number of halogens is 1. The lowest BCUT2D eigenvalue weighted by atomic mass is 9.89. The highest BCUT2D eigenvalue weighted by Crippen LogP contribution is 2.38. The first-order valence-corrected chi connectivity index (χ1v) is 10.8. The van der Waals surface area contributed by atoms with Crippen molar-refractivity contribution in [1.29, 1.82) is 0 Å². The zero-order chi connectivity index (χ0) is 21.4. The van der Waals surface area contributed by atoms with Crippen LogP contribution in [0, 0.1) is 18.7 Å². The van der Waals surface area contributed by atoms with Crippen molar-refractivity contribution in [2.24, 2.45) is 5.92 Å². The molecule has 0 radical (unpaired) electrons. The molecule has 2 aromatic carbocycles. The molecular weight excluding hydrogens is 395 g/mol. The number of fused-ring (bicyclic) bond motifs is 3. The molecule has 0 amide bonds. The average Bonchev–Trinajstić information content (AvgIpc) is 2.79. The Hall–Kier alpha value is -2.99. The summed E-state index contributed by atoms with van der Waals surface area (Å²) >= 11 is 0. The molecule has 160 valence electrons. The number of carbonyl (C=O) groups is 1. The maximum Gasteiger partial charge on any atom is 0.171 e. The molecule has 0 bridgehead atoms. The molecule has 3 aromatic rings. The first-order valence-electron chi connectivity index (χ1n) is 10.8. The van der Waals surface area contributed by atoms with Gasteiger partial charge < -0.3 is 9.47 Å². The van der Waals surface area contributed by atoms with Gasteiger partial charge in [0.15, 0.2) is 17.3 Å². The molecule has 1 aromatic heterocycles. The molecule has 6 heteroatoms. The lowest BCUT2D eigenvalue weighted by Gasteiger charge is -2.35. The minimum Gasteiger partial charge on any atom is -0.486 e.